The molecule has 10 nitrogen and oxygen atoms in total. The monoisotopic (exact) mass is 514 g/mol. The number of hydrogen-bond donors (Lipinski definition) is 3. The third kappa shape index (κ3) is 5.88. The maximum absolute atomic E-state index is 12.9. The van der Waals surface area contributed by atoms with E-state index >= 15 is 0 Å². The Labute approximate surface area is 214 Å². The topological polar surface area (TPSA) is 122 Å². The number of benzene rings is 1. The summed E-state index contributed by atoms with van der Waals surface area (Å²) in [5, 5.41) is 16.4. The van der Waals surface area contributed by atoms with E-state index in [2.05, 4.69) is 34.4 Å². The molecule has 3 aromatic rings. The van der Waals surface area contributed by atoms with Crippen molar-refractivity contribution in [1.82, 2.24) is 19.9 Å². The van der Waals surface area contributed by atoms with E-state index in [1.165, 1.54) is 6.42 Å². The van der Waals surface area contributed by atoms with Crippen LogP contribution in [0.25, 0.3) is 10.9 Å². The highest BCUT2D eigenvalue weighted by Gasteiger charge is 2.24. The zero-order valence-electron chi connectivity index (χ0n) is 20.6. The second-order valence-corrected chi connectivity index (χ2v) is 9.77. The summed E-state index contributed by atoms with van der Waals surface area (Å²) in [4.78, 5) is 35.2. The number of anilines is 3. The first-order valence-corrected chi connectivity index (χ1v) is 12.3. The number of nitrogens with one attached hydrogen (secondary N) is 2. The van der Waals surface area contributed by atoms with Gasteiger partial charge in [0.1, 0.15) is 5.02 Å². The minimum Gasteiger partial charge on any atom is -0.479 e. The Morgan fingerprint density at radius 2 is 2.00 bits per heavy atom. The van der Waals surface area contributed by atoms with Crippen molar-refractivity contribution in [1.29, 1.82) is 0 Å². The van der Waals surface area contributed by atoms with Crippen LogP contribution >= 0.6 is 11.6 Å². The Hall–Kier alpha value is -3.37. The van der Waals surface area contributed by atoms with Gasteiger partial charge in [-0.1, -0.05) is 25.4 Å². The van der Waals surface area contributed by atoms with Crippen molar-refractivity contribution < 1.29 is 14.6 Å². The molecule has 0 radical (unpaired) electrons. The SMILES string of the molecule is CNCCn1c(=O)c(OCC(=O)O)cc2cc(Nc3nc(N4C[C@H](C)C[C@H](C)C4)ncc3Cl)ccc21. The molecule has 1 aliphatic rings. The maximum atomic E-state index is 12.9. The molecule has 36 heavy (non-hydrogen) atoms. The highest BCUT2D eigenvalue weighted by molar-refractivity contribution is 6.32. The minimum atomic E-state index is -1.15. The van der Waals surface area contributed by atoms with Crippen LogP contribution in [0.5, 0.6) is 5.75 Å². The van der Waals surface area contributed by atoms with E-state index in [4.69, 9.17) is 26.4 Å². The van der Waals surface area contributed by atoms with Crippen LogP contribution in [0.15, 0.2) is 35.3 Å². The van der Waals surface area contributed by atoms with Gasteiger partial charge in [0, 0.05) is 37.3 Å². The summed E-state index contributed by atoms with van der Waals surface area (Å²) in [6, 6.07) is 7.09. The van der Waals surface area contributed by atoms with Crippen LogP contribution in [0.4, 0.5) is 17.5 Å². The minimum absolute atomic E-state index is 0.0196. The second kappa shape index (κ2) is 11.1. The molecule has 1 aliphatic heterocycles. The molecule has 0 amide bonds. The van der Waals surface area contributed by atoms with Gasteiger partial charge >= 0.3 is 5.97 Å². The number of fused-ring (bicyclic) bond motifs is 1. The van der Waals surface area contributed by atoms with Gasteiger partial charge in [0.05, 0.1) is 11.7 Å². The predicted molar refractivity (Wildman–Crippen MR) is 141 cm³/mol. The number of aliphatic carboxylic acids is 1. The number of nitrogens with zero attached hydrogens (tertiary/aromatic N) is 4. The highest BCUT2D eigenvalue weighted by Crippen LogP contribution is 2.30. The molecule has 1 aromatic carbocycles. The molecule has 2 aromatic heterocycles. The molecule has 192 valence electrons. The summed E-state index contributed by atoms with van der Waals surface area (Å²) in [5.41, 5.74) is 1.03. The third-order valence-electron chi connectivity index (χ3n) is 6.14. The Morgan fingerprint density at radius 3 is 2.69 bits per heavy atom. The number of aromatic nitrogens is 3. The number of carboxylic acids is 1. The lowest BCUT2D eigenvalue weighted by Gasteiger charge is -2.35. The third-order valence-corrected chi connectivity index (χ3v) is 6.42. The van der Waals surface area contributed by atoms with Gasteiger partial charge in [-0.15, -0.1) is 0 Å². The summed E-state index contributed by atoms with van der Waals surface area (Å²) in [6.45, 7) is 6.61. The van der Waals surface area contributed by atoms with Crippen molar-refractivity contribution in [2.75, 3.05) is 43.5 Å². The van der Waals surface area contributed by atoms with Crippen molar-refractivity contribution in [3.8, 4) is 5.75 Å². The molecule has 3 N–H and O–H groups in total. The highest BCUT2D eigenvalue weighted by atomic mass is 35.5. The number of hydrogen-bond acceptors (Lipinski definition) is 8. The molecular weight excluding hydrogens is 484 g/mol. The number of carboxylic acid groups (broad SMARTS) is 1. The molecule has 11 heteroatoms. The van der Waals surface area contributed by atoms with Crippen molar-refractivity contribution in [2.45, 2.75) is 26.8 Å². The van der Waals surface area contributed by atoms with E-state index in [1.807, 2.05) is 18.2 Å². The number of piperidine rings is 1. The largest absolute Gasteiger partial charge is 0.479 e. The van der Waals surface area contributed by atoms with Crippen molar-refractivity contribution in [3.05, 3.63) is 45.8 Å². The summed E-state index contributed by atoms with van der Waals surface area (Å²) < 4.78 is 6.85. The fraction of sp³-hybridized carbons (Fsp3) is 0.440. The van der Waals surface area contributed by atoms with Gasteiger partial charge in [-0.05, 0) is 49.6 Å². The smallest absolute Gasteiger partial charge is 0.341 e. The van der Waals surface area contributed by atoms with E-state index in [0.29, 0.717) is 58.3 Å². The van der Waals surface area contributed by atoms with Gasteiger partial charge in [-0.25, -0.2) is 9.78 Å². The zero-order valence-corrected chi connectivity index (χ0v) is 21.4. The first-order chi connectivity index (χ1) is 17.2. The van der Waals surface area contributed by atoms with Crippen LogP contribution in [-0.2, 0) is 11.3 Å². The number of carbonyl (C=O) groups is 1. The van der Waals surface area contributed by atoms with Gasteiger partial charge in [0.15, 0.2) is 18.2 Å². The van der Waals surface area contributed by atoms with Gasteiger partial charge in [-0.2, -0.15) is 4.98 Å². The quantitative estimate of drug-likeness (QED) is 0.394. The number of likely N-dealkylation sites (N-methyl/N-ethyl adjacent to an activating group) is 1. The lowest BCUT2D eigenvalue weighted by atomic mass is 9.92. The van der Waals surface area contributed by atoms with Crippen LogP contribution in [0.2, 0.25) is 5.02 Å². The van der Waals surface area contributed by atoms with E-state index < -0.39 is 12.6 Å². The Morgan fingerprint density at radius 1 is 1.25 bits per heavy atom. The second-order valence-electron chi connectivity index (χ2n) is 9.37. The van der Waals surface area contributed by atoms with Crippen molar-refractivity contribution in [3.63, 3.8) is 0 Å². The molecule has 3 heterocycles. The molecule has 0 aliphatic carbocycles. The standard InChI is InChI=1S/C25H31ClN6O4/c1-15-8-16(2)13-31(12-15)25-28-11-19(26)23(30-25)29-18-4-5-20-17(9-18)10-21(36-14-22(33)34)24(35)32(20)7-6-27-3/h4-5,9-11,15-16,27H,6-8,12-14H2,1-3H3,(H,33,34)(H,28,29,30)/t15-,16+. The molecule has 1 fully saturated rings. The molecular formula is C25H31ClN6O4. The van der Waals surface area contributed by atoms with E-state index in [-0.39, 0.29) is 11.3 Å². The average molecular weight is 515 g/mol. The summed E-state index contributed by atoms with van der Waals surface area (Å²) in [7, 11) is 1.80. The fourth-order valence-corrected chi connectivity index (χ4v) is 4.83. The molecule has 4 rings (SSSR count). The first-order valence-electron chi connectivity index (χ1n) is 12.0. The zero-order chi connectivity index (χ0) is 25.8. The molecule has 0 unspecified atom stereocenters. The summed E-state index contributed by atoms with van der Waals surface area (Å²) >= 11 is 6.43. The van der Waals surface area contributed by atoms with Crippen LogP contribution in [0.3, 0.4) is 0 Å². The van der Waals surface area contributed by atoms with E-state index in [1.54, 1.807) is 23.9 Å². The van der Waals surface area contributed by atoms with Gasteiger partial charge < -0.3 is 29.9 Å². The number of halogens is 1. The molecule has 0 bridgehead atoms. The van der Waals surface area contributed by atoms with Crippen molar-refractivity contribution >= 4 is 45.9 Å². The molecule has 0 spiro atoms. The van der Waals surface area contributed by atoms with Crippen LogP contribution in [0, 0.1) is 11.8 Å². The predicted octanol–water partition coefficient (Wildman–Crippen LogP) is 3.35. The lowest BCUT2D eigenvalue weighted by Crippen LogP contribution is -2.39. The summed E-state index contributed by atoms with van der Waals surface area (Å²) in [6.07, 6.45) is 2.79. The van der Waals surface area contributed by atoms with Gasteiger partial charge in [0.2, 0.25) is 5.95 Å². The Bertz CT molecular complexity index is 1300. The molecule has 1 saturated heterocycles. The maximum Gasteiger partial charge on any atom is 0.341 e. The van der Waals surface area contributed by atoms with Gasteiger partial charge in [-0.3, -0.25) is 4.79 Å². The van der Waals surface area contributed by atoms with Crippen molar-refractivity contribution in [2.24, 2.45) is 11.8 Å². The molecule has 2 atom stereocenters. The van der Waals surface area contributed by atoms with Crippen LogP contribution in [-0.4, -0.2) is 58.9 Å². The summed E-state index contributed by atoms with van der Waals surface area (Å²) in [5.74, 6) is 1.06. The number of ether oxygens (including phenoxy) is 1. The Kier molecular flexibility index (Phi) is 7.95. The number of pyridine rings is 1. The van der Waals surface area contributed by atoms with E-state index in [9.17, 15) is 9.59 Å². The Balaban J connectivity index is 1.67. The normalized spacial score (nSPS) is 17.8. The number of rotatable bonds is 9. The molecule has 0 saturated carbocycles. The van der Waals surface area contributed by atoms with Gasteiger partial charge in [0.25, 0.3) is 5.56 Å². The van der Waals surface area contributed by atoms with E-state index in [0.717, 1.165) is 13.1 Å². The average Bonchev–Trinajstić information content (AvgIpc) is 2.83. The van der Waals surface area contributed by atoms with Crippen LogP contribution in [0.1, 0.15) is 20.3 Å². The van der Waals surface area contributed by atoms with Crippen LogP contribution < -0.4 is 25.8 Å². The lowest BCUT2D eigenvalue weighted by molar-refractivity contribution is -0.139. The first kappa shape index (κ1) is 25.7. The fourth-order valence-electron chi connectivity index (χ4n) is 4.69.